The predicted molar refractivity (Wildman–Crippen MR) is 106 cm³/mol. The van der Waals surface area contributed by atoms with E-state index < -0.39 is 5.91 Å². The van der Waals surface area contributed by atoms with Crippen molar-refractivity contribution in [2.24, 2.45) is 0 Å². The van der Waals surface area contributed by atoms with Crippen LogP contribution in [0.25, 0.3) is 16.8 Å². The number of hydrogen-bond acceptors (Lipinski definition) is 5. The molecule has 0 saturated carbocycles. The molecule has 8 heteroatoms. The molecule has 1 N–H and O–H groups in total. The number of aromatic hydroxyl groups is 1. The Hall–Kier alpha value is -3.58. The van der Waals surface area contributed by atoms with Crippen molar-refractivity contribution in [1.29, 1.82) is 0 Å². The number of carbonyl (C=O) groups excluding carboxylic acids is 1. The van der Waals surface area contributed by atoms with Gasteiger partial charge in [0.25, 0.3) is 11.9 Å². The molecule has 0 unspecified atom stereocenters. The largest absolute Gasteiger partial charge is 0.504 e. The molecule has 140 valence electrons. The smallest absolute Gasteiger partial charge is 0.275 e. The van der Waals surface area contributed by atoms with Gasteiger partial charge in [-0.3, -0.25) is 4.79 Å². The quantitative estimate of drug-likeness (QED) is 0.531. The van der Waals surface area contributed by atoms with Crippen LogP contribution in [0.3, 0.4) is 0 Å². The number of pyridine rings is 1. The molecule has 28 heavy (non-hydrogen) atoms. The number of phenols is 1. The van der Waals surface area contributed by atoms with Gasteiger partial charge in [0.1, 0.15) is 0 Å². The third kappa shape index (κ3) is 3.23. The number of benzene rings is 2. The first kappa shape index (κ1) is 17.8. The number of rotatable bonds is 4. The zero-order chi connectivity index (χ0) is 19.7. The van der Waals surface area contributed by atoms with Crippen LogP contribution in [0, 0.1) is 0 Å². The lowest BCUT2D eigenvalue weighted by molar-refractivity contribution is 0.100. The first-order valence-corrected chi connectivity index (χ1v) is 8.70. The number of phenolic OH excluding ortho intramolecular Hbond substituents is 1. The summed E-state index contributed by atoms with van der Waals surface area (Å²) < 4.78 is 7.59. The minimum atomic E-state index is -0.415. The molecule has 1 amide bonds. The first-order valence-electron chi connectivity index (χ1n) is 8.36. The highest BCUT2D eigenvalue weighted by molar-refractivity contribution is 6.38. The molecule has 2 heterocycles. The van der Waals surface area contributed by atoms with E-state index in [0.29, 0.717) is 17.0 Å². The van der Waals surface area contributed by atoms with E-state index in [1.54, 1.807) is 54.7 Å². The highest BCUT2D eigenvalue weighted by atomic mass is 35.5. The minimum Gasteiger partial charge on any atom is -0.504 e. The number of hydrogen-bond donors (Lipinski definition) is 1. The average Bonchev–Trinajstić information content (AvgIpc) is 3.17. The van der Waals surface area contributed by atoms with Gasteiger partial charge in [-0.05, 0) is 42.0 Å². The molecule has 2 aromatic heterocycles. The van der Waals surface area contributed by atoms with Crippen LogP contribution >= 0.6 is 11.8 Å². The fraction of sp³-hybridized carbons (Fsp3) is 0.0500. The molecule has 2 aromatic carbocycles. The van der Waals surface area contributed by atoms with Gasteiger partial charge in [0.05, 0.1) is 7.11 Å². The van der Waals surface area contributed by atoms with Crippen molar-refractivity contribution >= 4 is 29.3 Å². The highest BCUT2D eigenvalue weighted by Crippen LogP contribution is 2.31. The summed E-state index contributed by atoms with van der Waals surface area (Å²) in [6, 6.07) is 17.3. The van der Waals surface area contributed by atoms with Crippen molar-refractivity contribution in [3.63, 3.8) is 0 Å². The van der Waals surface area contributed by atoms with Crippen LogP contribution in [0.1, 0.15) is 10.4 Å². The normalized spacial score (nSPS) is 10.8. The second-order valence-electron chi connectivity index (χ2n) is 5.97. The molecule has 4 rings (SSSR count). The molecule has 0 aliphatic heterocycles. The second kappa shape index (κ2) is 7.21. The van der Waals surface area contributed by atoms with Crippen LogP contribution in [-0.4, -0.2) is 32.7 Å². The maximum Gasteiger partial charge on any atom is 0.275 e. The number of nitrogens with zero attached hydrogens (tertiary/aromatic N) is 4. The van der Waals surface area contributed by atoms with E-state index in [4.69, 9.17) is 16.5 Å². The topological polar surface area (TPSA) is 80.0 Å². The lowest BCUT2D eigenvalue weighted by Crippen LogP contribution is -2.21. The Bertz CT molecular complexity index is 1160. The summed E-state index contributed by atoms with van der Waals surface area (Å²) in [5.74, 6) is 0.0995. The van der Waals surface area contributed by atoms with Crippen LogP contribution in [0.15, 0.2) is 66.9 Å². The molecular formula is C20H15ClN4O3. The minimum absolute atomic E-state index is 0.0626. The fourth-order valence-corrected chi connectivity index (χ4v) is 2.94. The molecular weight excluding hydrogens is 380 g/mol. The van der Waals surface area contributed by atoms with E-state index in [-0.39, 0.29) is 11.7 Å². The molecule has 0 fully saturated rings. The van der Waals surface area contributed by atoms with E-state index in [1.807, 2.05) is 12.1 Å². The van der Waals surface area contributed by atoms with Gasteiger partial charge in [-0.2, -0.15) is 9.40 Å². The number of amides is 1. The molecule has 4 aromatic rings. The summed E-state index contributed by atoms with van der Waals surface area (Å²) in [6.45, 7) is 0. The van der Waals surface area contributed by atoms with Gasteiger partial charge in [0, 0.05) is 29.1 Å². The number of ether oxygens (including phenoxy) is 1. The maximum absolute atomic E-state index is 12.5. The van der Waals surface area contributed by atoms with Gasteiger partial charge in [-0.1, -0.05) is 24.3 Å². The van der Waals surface area contributed by atoms with Crippen molar-refractivity contribution in [2.75, 3.05) is 11.5 Å². The van der Waals surface area contributed by atoms with Gasteiger partial charge in [0.2, 0.25) is 0 Å². The van der Waals surface area contributed by atoms with E-state index in [1.165, 1.54) is 11.6 Å². The van der Waals surface area contributed by atoms with Crippen LogP contribution in [0.2, 0.25) is 0 Å². The second-order valence-corrected chi connectivity index (χ2v) is 6.31. The Balaban J connectivity index is 1.68. The first-order chi connectivity index (χ1) is 13.6. The Labute approximate surface area is 165 Å². The van der Waals surface area contributed by atoms with Crippen LogP contribution in [-0.2, 0) is 0 Å². The van der Waals surface area contributed by atoms with E-state index in [0.717, 1.165) is 15.5 Å². The summed E-state index contributed by atoms with van der Waals surface area (Å²) in [6.07, 6.45) is 1.76. The van der Waals surface area contributed by atoms with E-state index >= 15 is 0 Å². The Morgan fingerprint density at radius 2 is 1.86 bits per heavy atom. The van der Waals surface area contributed by atoms with Crippen molar-refractivity contribution in [1.82, 2.24) is 14.6 Å². The maximum atomic E-state index is 12.5. The molecule has 0 aliphatic rings. The Morgan fingerprint density at radius 3 is 2.61 bits per heavy atom. The number of fused-ring (bicyclic) bond motifs is 1. The van der Waals surface area contributed by atoms with E-state index in [9.17, 15) is 9.90 Å². The van der Waals surface area contributed by atoms with Crippen LogP contribution < -0.4 is 9.16 Å². The van der Waals surface area contributed by atoms with Gasteiger partial charge < -0.3 is 9.84 Å². The van der Waals surface area contributed by atoms with Crippen LogP contribution in [0.5, 0.6) is 11.5 Å². The van der Waals surface area contributed by atoms with Gasteiger partial charge in [-0.15, -0.1) is 5.10 Å². The van der Waals surface area contributed by atoms with E-state index in [2.05, 4.69) is 10.1 Å². The predicted octanol–water partition coefficient (Wildman–Crippen LogP) is 3.91. The highest BCUT2D eigenvalue weighted by Gasteiger charge is 2.20. The zero-order valence-electron chi connectivity index (χ0n) is 14.8. The fourth-order valence-electron chi connectivity index (χ4n) is 2.77. The summed E-state index contributed by atoms with van der Waals surface area (Å²) in [5, 5.41) is 14.1. The van der Waals surface area contributed by atoms with Crippen LogP contribution in [0.4, 0.5) is 5.95 Å². The van der Waals surface area contributed by atoms with Crippen molar-refractivity contribution in [3.05, 3.63) is 72.4 Å². The van der Waals surface area contributed by atoms with Gasteiger partial charge in [-0.25, -0.2) is 4.52 Å². The standard InChI is InChI=1S/C20H15ClN4O3/c1-28-17-11-14(7-9-16(17)26)15-8-10-18-22-20(23-24(18)12-15)25(21)19(27)13-5-3-2-4-6-13/h2-12,26H,1H3. The summed E-state index contributed by atoms with van der Waals surface area (Å²) in [5.41, 5.74) is 2.64. The number of anilines is 1. The third-order valence-corrected chi connectivity index (χ3v) is 4.51. The SMILES string of the molecule is COc1cc(-c2ccc3nc(N(Cl)C(=O)c4ccccc4)nn3c2)ccc1O. The molecule has 0 aliphatic carbocycles. The van der Waals surface area contributed by atoms with Crippen molar-refractivity contribution in [2.45, 2.75) is 0 Å². The third-order valence-electron chi connectivity index (χ3n) is 4.21. The molecule has 0 atom stereocenters. The lowest BCUT2D eigenvalue weighted by atomic mass is 10.1. The zero-order valence-corrected chi connectivity index (χ0v) is 15.5. The van der Waals surface area contributed by atoms with Crippen molar-refractivity contribution in [3.8, 4) is 22.6 Å². The summed E-state index contributed by atoms with van der Waals surface area (Å²) in [7, 11) is 1.49. The Morgan fingerprint density at radius 1 is 1.11 bits per heavy atom. The Kier molecular flexibility index (Phi) is 4.58. The van der Waals surface area contributed by atoms with Gasteiger partial charge in [0.15, 0.2) is 17.1 Å². The number of halogens is 1. The summed E-state index contributed by atoms with van der Waals surface area (Å²) in [4.78, 5) is 16.8. The van der Waals surface area contributed by atoms with Crippen molar-refractivity contribution < 1.29 is 14.6 Å². The number of carbonyl (C=O) groups is 1. The number of methoxy groups -OCH3 is 1. The monoisotopic (exact) mass is 394 g/mol. The number of aromatic nitrogens is 3. The molecule has 0 radical (unpaired) electrons. The summed E-state index contributed by atoms with van der Waals surface area (Å²) >= 11 is 6.18. The molecule has 0 bridgehead atoms. The molecule has 7 nitrogen and oxygen atoms in total. The lowest BCUT2D eigenvalue weighted by Gasteiger charge is -2.08. The molecule has 0 spiro atoms. The average molecular weight is 395 g/mol. The molecule has 0 saturated heterocycles. The van der Waals surface area contributed by atoms with Gasteiger partial charge >= 0.3 is 0 Å².